The Hall–Kier alpha value is -2.74. The van der Waals surface area contributed by atoms with Crippen LogP contribution in [0.1, 0.15) is 45.4 Å². The van der Waals surface area contributed by atoms with Crippen LogP contribution < -0.4 is 10.1 Å². The molecule has 1 atom stereocenters. The molecule has 30 heavy (non-hydrogen) atoms. The summed E-state index contributed by atoms with van der Waals surface area (Å²) in [5.41, 5.74) is 2.47. The number of unbranched alkanes of at least 4 members (excludes halogenated alkanes) is 2. The molecule has 162 valence electrons. The fourth-order valence-electron chi connectivity index (χ4n) is 3.73. The molecule has 0 radical (unpaired) electrons. The summed E-state index contributed by atoms with van der Waals surface area (Å²) in [5, 5.41) is 11.9. The van der Waals surface area contributed by atoms with Crippen LogP contribution in [0.15, 0.2) is 18.2 Å². The molecule has 0 aliphatic heterocycles. The van der Waals surface area contributed by atoms with Gasteiger partial charge in [-0.05, 0) is 37.8 Å². The van der Waals surface area contributed by atoms with Crippen molar-refractivity contribution in [1.82, 2.24) is 19.6 Å². The second-order valence-electron chi connectivity index (χ2n) is 7.83. The summed E-state index contributed by atoms with van der Waals surface area (Å²) in [6.07, 6.45) is 3.00. The van der Waals surface area contributed by atoms with E-state index in [9.17, 15) is 4.79 Å². The van der Waals surface area contributed by atoms with Crippen molar-refractivity contribution in [2.75, 3.05) is 26.1 Å². The number of carbonyl (C=O) groups excluding carboxylic acids is 1. The Balaban J connectivity index is 1.61. The first-order valence-electron chi connectivity index (χ1n) is 10.4. The van der Waals surface area contributed by atoms with Crippen LogP contribution in [0, 0.1) is 12.8 Å². The van der Waals surface area contributed by atoms with Gasteiger partial charge in [-0.2, -0.15) is 0 Å². The standard InChI is InChI=1S/C22H31N5O3/c1-14(2)20(30-5)19(28)9-7-6-8-12-23-21-22-26-25-15(3)27(22)18-11-10-16(29-4)13-17(18)24-21/h10-11,13-14,20H,6-9,12H2,1-5H3,(H,23,24)/t20-/m0/s1. The molecule has 0 amide bonds. The highest BCUT2D eigenvalue weighted by Crippen LogP contribution is 2.25. The third-order valence-electron chi connectivity index (χ3n) is 5.26. The second kappa shape index (κ2) is 9.84. The van der Waals surface area contributed by atoms with Gasteiger partial charge in [0.1, 0.15) is 17.7 Å². The van der Waals surface area contributed by atoms with E-state index in [4.69, 9.17) is 14.5 Å². The number of anilines is 1. The molecule has 0 spiro atoms. The predicted octanol–water partition coefficient (Wildman–Crippen LogP) is 3.81. The lowest BCUT2D eigenvalue weighted by molar-refractivity contribution is -0.131. The van der Waals surface area contributed by atoms with E-state index in [1.165, 1.54) is 0 Å². The zero-order chi connectivity index (χ0) is 21.7. The van der Waals surface area contributed by atoms with Crippen LogP contribution in [0.4, 0.5) is 5.82 Å². The lowest BCUT2D eigenvalue weighted by Gasteiger charge is -2.17. The van der Waals surface area contributed by atoms with Gasteiger partial charge in [0.15, 0.2) is 11.6 Å². The van der Waals surface area contributed by atoms with Crippen molar-refractivity contribution in [3.63, 3.8) is 0 Å². The minimum atomic E-state index is -0.300. The van der Waals surface area contributed by atoms with Gasteiger partial charge in [-0.15, -0.1) is 10.2 Å². The van der Waals surface area contributed by atoms with Gasteiger partial charge in [0, 0.05) is 26.1 Å². The average Bonchev–Trinajstić information content (AvgIpc) is 3.12. The lowest BCUT2D eigenvalue weighted by atomic mass is 9.99. The molecule has 0 aliphatic rings. The normalized spacial score (nSPS) is 12.6. The Bertz CT molecular complexity index is 1010. The van der Waals surface area contributed by atoms with Crippen LogP contribution in [-0.4, -0.2) is 52.2 Å². The first-order valence-corrected chi connectivity index (χ1v) is 10.4. The number of rotatable bonds is 11. The van der Waals surface area contributed by atoms with E-state index in [0.717, 1.165) is 48.4 Å². The van der Waals surface area contributed by atoms with E-state index in [1.807, 2.05) is 43.4 Å². The Morgan fingerprint density at radius 1 is 1.17 bits per heavy atom. The first-order chi connectivity index (χ1) is 14.5. The van der Waals surface area contributed by atoms with Crippen molar-refractivity contribution in [3.05, 3.63) is 24.0 Å². The van der Waals surface area contributed by atoms with Crippen molar-refractivity contribution < 1.29 is 14.3 Å². The topological polar surface area (TPSA) is 90.6 Å². The van der Waals surface area contributed by atoms with E-state index in [1.54, 1.807) is 14.2 Å². The highest BCUT2D eigenvalue weighted by molar-refractivity contribution is 5.84. The van der Waals surface area contributed by atoms with E-state index in [2.05, 4.69) is 15.5 Å². The van der Waals surface area contributed by atoms with E-state index < -0.39 is 0 Å². The Kier molecular flexibility index (Phi) is 7.20. The Morgan fingerprint density at radius 2 is 1.97 bits per heavy atom. The van der Waals surface area contributed by atoms with Crippen LogP contribution in [0.25, 0.3) is 16.7 Å². The fraction of sp³-hybridized carbons (Fsp3) is 0.545. The van der Waals surface area contributed by atoms with Gasteiger partial charge < -0.3 is 14.8 Å². The summed E-state index contributed by atoms with van der Waals surface area (Å²) in [6.45, 7) is 6.69. The van der Waals surface area contributed by atoms with Gasteiger partial charge in [-0.25, -0.2) is 4.98 Å². The Labute approximate surface area is 177 Å². The SMILES string of the molecule is COc1ccc2c(c1)nc(NCCCCCC(=O)[C@@H](OC)C(C)C)c1nnc(C)n12. The van der Waals surface area contributed by atoms with E-state index >= 15 is 0 Å². The Morgan fingerprint density at radius 3 is 2.67 bits per heavy atom. The molecule has 8 heteroatoms. The molecule has 0 saturated heterocycles. The summed E-state index contributed by atoms with van der Waals surface area (Å²) in [5.74, 6) is 2.65. The highest BCUT2D eigenvalue weighted by Gasteiger charge is 2.20. The largest absolute Gasteiger partial charge is 0.497 e. The molecule has 1 aromatic carbocycles. The van der Waals surface area contributed by atoms with Crippen molar-refractivity contribution in [2.45, 2.75) is 52.6 Å². The summed E-state index contributed by atoms with van der Waals surface area (Å²) in [6, 6.07) is 5.78. The second-order valence-corrected chi connectivity index (χ2v) is 7.83. The van der Waals surface area contributed by atoms with E-state index in [0.29, 0.717) is 17.9 Å². The molecule has 3 rings (SSSR count). The number of hydrogen-bond donors (Lipinski definition) is 1. The monoisotopic (exact) mass is 413 g/mol. The van der Waals surface area contributed by atoms with Crippen molar-refractivity contribution in [3.8, 4) is 5.75 Å². The smallest absolute Gasteiger partial charge is 0.204 e. The minimum absolute atomic E-state index is 0.186. The molecular formula is C22H31N5O3. The molecule has 0 unspecified atom stereocenters. The summed E-state index contributed by atoms with van der Waals surface area (Å²) < 4.78 is 12.6. The average molecular weight is 414 g/mol. The first kappa shape index (κ1) is 22.0. The zero-order valence-electron chi connectivity index (χ0n) is 18.4. The van der Waals surface area contributed by atoms with Crippen molar-refractivity contribution >= 4 is 28.3 Å². The molecule has 2 heterocycles. The molecular weight excluding hydrogens is 382 g/mol. The number of carbonyl (C=O) groups is 1. The van der Waals surface area contributed by atoms with Crippen LogP contribution in [0.5, 0.6) is 5.75 Å². The number of aryl methyl sites for hydroxylation is 1. The van der Waals surface area contributed by atoms with Crippen molar-refractivity contribution in [2.24, 2.45) is 5.92 Å². The third kappa shape index (κ3) is 4.70. The maximum atomic E-state index is 12.2. The van der Waals surface area contributed by atoms with Gasteiger partial charge >= 0.3 is 0 Å². The van der Waals surface area contributed by atoms with Gasteiger partial charge in [-0.3, -0.25) is 9.20 Å². The van der Waals surface area contributed by atoms with Gasteiger partial charge in [-0.1, -0.05) is 20.3 Å². The predicted molar refractivity (Wildman–Crippen MR) is 117 cm³/mol. The number of hydrogen-bond acceptors (Lipinski definition) is 7. The van der Waals surface area contributed by atoms with Gasteiger partial charge in [0.2, 0.25) is 5.65 Å². The fourth-order valence-corrected chi connectivity index (χ4v) is 3.73. The molecule has 1 N–H and O–H groups in total. The number of benzene rings is 1. The number of ketones is 1. The number of fused-ring (bicyclic) bond motifs is 3. The number of Topliss-reactive ketones (excluding diaryl/α,β-unsaturated/α-hetero) is 1. The number of ether oxygens (including phenoxy) is 2. The van der Waals surface area contributed by atoms with Crippen LogP contribution in [-0.2, 0) is 9.53 Å². The number of nitrogens with one attached hydrogen (secondary N) is 1. The molecule has 0 fully saturated rings. The van der Waals surface area contributed by atoms with Crippen LogP contribution >= 0.6 is 0 Å². The number of nitrogens with zero attached hydrogens (tertiary/aromatic N) is 4. The zero-order valence-corrected chi connectivity index (χ0v) is 18.4. The molecule has 2 aromatic heterocycles. The number of aromatic nitrogens is 4. The van der Waals surface area contributed by atoms with Crippen LogP contribution in [0.2, 0.25) is 0 Å². The minimum Gasteiger partial charge on any atom is -0.497 e. The van der Waals surface area contributed by atoms with E-state index in [-0.39, 0.29) is 17.8 Å². The highest BCUT2D eigenvalue weighted by atomic mass is 16.5. The van der Waals surface area contributed by atoms with Gasteiger partial charge in [0.05, 0.1) is 18.1 Å². The van der Waals surface area contributed by atoms with Crippen molar-refractivity contribution in [1.29, 1.82) is 0 Å². The maximum Gasteiger partial charge on any atom is 0.204 e. The molecule has 3 aromatic rings. The molecule has 0 bridgehead atoms. The summed E-state index contributed by atoms with van der Waals surface area (Å²) in [7, 11) is 3.25. The quantitative estimate of drug-likeness (QED) is 0.478. The lowest BCUT2D eigenvalue weighted by Crippen LogP contribution is -2.28. The summed E-state index contributed by atoms with van der Waals surface area (Å²) in [4.78, 5) is 17.0. The maximum absolute atomic E-state index is 12.2. The molecule has 0 saturated carbocycles. The number of methoxy groups -OCH3 is 2. The third-order valence-corrected chi connectivity index (χ3v) is 5.26. The molecule has 0 aliphatic carbocycles. The van der Waals surface area contributed by atoms with Crippen LogP contribution in [0.3, 0.4) is 0 Å². The summed E-state index contributed by atoms with van der Waals surface area (Å²) >= 11 is 0. The van der Waals surface area contributed by atoms with Gasteiger partial charge in [0.25, 0.3) is 0 Å². The molecule has 8 nitrogen and oxygen atoms in total.